The van der Waals surface area contributed by atoms with E-state index < -0.39 is 11.9 Å². The molecular formula is C33H33NO5. The first kappa shape index (κ1) is 26.3. The summed E-state index contributed by atoms with van der Waals surface area (Å²) in [5.41, 5.74) is 5.74. The molecule has 2 aliphatic rings. The highest BCUT2D eigenvalue weighted by Crippen LogP contribution is 2.46. The maximum atomic E-state index is 13.8. The second-order valence-corrected chi connectivity index (χ2v) is 9.94. The third-order valence-electron chi connectivity index (χ3n) is 7.55. The predicted octanol–water partition coefficient (Wildman–Crippen LogP) is 5.85. The molecule has 0 saturated carbocycles. The fraction of sp³-hybridized carbons (Fsp3) is 0.273. The van der Waals surface area contributed by atoms with Crippen molar-refractivity contribution in [3.05, 3.63) is 118 Å². The normalized spacial score (nSPS) is 18.8. The van der Waals surface area contributed by atoms with Crippen molar-refractivity contribution in [3.63, 3.8) is 0 Å². The Labute approximate surface area is 229 Å². The first-order valence-electron chi connectivity index (χ1n) is 13.2. The zero-order valence-corrected chi connectivity index (χ0v) is 22.5. The van der Waals surface area contributed by atoms with Crippen molar-refractivity contribution < 1.29 is 23.8 Å². The van der Waals surface area contributed by atoms with Crippen LogP contribution in [0, 0.1) is 0 Å². The molecule has 2 unspecified atom stereocenters. The number of esters is 1. The number of ketones is 1. The summed E-state index contributed by atoms with van der Waals surface area (Å²) in [5.74, 6) is 0.648. The molecule has 0 fully saturated rings. The van der Waals surface area contributed by atoms with Crippen molar-refractivity contribution in [3.8, 4) is 11.5 Å². The van der Waals surface area contributed by atoms with E-state index in [4.69, 9.17) is 14.2 Å². The van der Waals surface area contributed by atoms with E-state index in [1.54, 1.807) is 14.2 Å². The molecule has 0 saturated heterocycles. The summed E-state index contributed by atoms with van der Waals surface area (Å²) in [6, 6.07) is 25.4. The summed E-state index contributed by atoms with van der Waals surface area (Å²) in [7, 11) is 3.25. The van der Waals surface area contributed by atoms with E-state index in [2.05, 4.69) is 5.32 Å². The average molecular weight is 524 g/mol. The minimum absolute atomic E-state index is 0.0347. The van der Waals surface area contributed by atoms with Gasteiger partial charge in [-0.25, -0.2) is 4.79 Å². The van der Waals surface area contributed by atoms with Crippen molar-refractivity contribution in [1.29, 1.82) is 0 Å². The van der Waals surface area contributed by atoms with Crippen LogP contribution in [-0.2, 0) is 20.7 Å². The monoisotopic (exact) mass is 523 g/mol. The second kappa shape index (κ2) is 11.6. The van der Waals surface area contributed by atoms with Gasteiger partial charge in [0.2, 0.25) is 0 Å². The van der Waals surface area contributed by atoms with Crippen molar-refractivity contribution >= 4 is 11.8 Å². The molecule has 0 radical (unpaired) electrons. The second-order valence-electron chi connectivity index (χ2n) is 9.94. The summed E-state index contributed by atoms with van der Waals surface area (Å²) in [6.07, 6.45) is 1.67. The molecule has 0 bridgehead atoms. The van der Waals surface area contributed by atoms with Crippen molar-refractivity contribution in [2.75, 3.05) is 20.8 Å². The van der Waals surface area contributed by atoms with E-state index in [1.165, 1.54) is 0 Å². The minimum Gasteiger partial charge on any atom is -0.497 e. The maximum Gasteiger partial charge on any atom is 0.336 e. The van der Waals surface area contributed by atoms with E-state index in [-0.39, 0.29) is 18.3 Å². The van der Waals surface area contributed by atoms with Crippen LogP contribution in [0.25, 0.3) is 0 Å². The molecule has 1 aliphatic heterocycles. The summed E-state index contributed by atoms with van der Waals surface area (Å²) >= 11 is 0. The molecule has 0 amide bonds. The first-order valence-corrected chi connectivity index (χ1v) is 13.2. The highest BCUT2D eigenvalue weighted by atomic mass is 16.5. The molecule has 3 aromatic carbocycles. The number of allylic oxidation sites excluding steroid dienone is 3. The van der Waals surface area contributed by atoms with E-state index in [0.717, 1.165) is 28.1 Å². The van der Waals surface area contributed by atoms with Crippen LogP contribution in [-0.4, -0.2) is 32.6 Å². The Balaban J connectivity index is 1.45. The van der Waals surface area contributed by atoms with E-state index >= 15 is 0 Å². The molecule has 3 aromatic rings. The Kier molecular flexibility index (Phi) is 7.82. The minimum atomic E-state index is -0.513. The number of carbonyl (C=O) groups excluding carboxylic acids is 2. The van der Waals surface area contributed by atoms with Crippen LogP contribution < -0.4 is 14.8 Å². The molecule has 0 aromatic heterocycles. The molecule has 2 atom stereocenters. The average Bonchev–Trinajstić information content (AvgIpc) is 2.97. The van der Waals surface area contributed by atoms with E-state index in [0.29, 0.717) is 41.9 Å². The van der Waals surface area contributed by atoms with E-state index in [1.807, 2.05) is 85.8 Å². The molecule has 39 heavy (non-hydrogen) atoms. The zero-order valence-electron chi connectivity index (χ0n) is 22.5. The van der Waals surface area contributed by atoms with Crippen molar-refractivity contribution in [1.82, 2.24) is 5.32 Å². The van der Waals surface area contributed by atoms with Gasteiger partial charge >= 0.3 is 5.97 Å². The van der Waals surface area contributed by atoms with Crippen LogP contribution in [0.5, 0.6) is 11.5 Å². The number of methoxy groups -OCH3 is 2. The third kappa shape index (κ3) is 5.60. The third-order valence-corrected chi connectivity index (χ3v) is 7.55. The highest BCUT2D eigenvalue weighted by molar-refractivity contribution is 6.04. The van der Waals surface area contributed by atoms with Gasteiger partial charge in [-0.3, -0.25) is 4.79 Å². The topological polar surface area (TPSA) is 73.9 Å². The van der Waals surface area contributed by atoms with Crippen LogP contribution in [0.3, 0.4) is 0 Å². The number of nitrogens with one attached hydrogen (secondary N) is 1. The lowest BCUT2D eigenvalue weighted by Gasteiger charge is -2.36. The Morgan fingerprint density at radius 1 is 0.846 bits per heavy atom. The van der Waals surface area contributed by atoms with Crippen molar-refractivity contribution in [2.24, 2.45) is 0 Å². The molecule has 5 rings (SSSR count). The molecule has 6 heteroatoms. The summed E-state index contributed by atoms with van der Waals surface area (Å²) < 4.78 is 16.4. The molecule has 200 valence electrons. The predicted molar refractivity (Wildman–Crippen MR) is 150 cm³/mol. The number of carbonyl (C=O) groups is 2. The lowest BCUT2D eigenvalue weighted by molar-refractivity contribution is -0.139. The van der Waals surface area contributed by atoms with Crippen LogP contribution in [0.4, 0.5) is 0 Å². The quantitative estimate of drug-likeness (QED) is 0.374. The standard InChI is InChI=1S/C33H33NO5/c1-21-30(33(36)39-18-17-22-7-5-4-6-8-22)31(24-11-15-27(38-3)16-12-24)32-28(34-21)19-25(20-29(32)35)23-9-13-26(37-2)14-10-23/h4-16,25,31,34H,17-20H2,1-3H3. The Morgan fingerprint density at radius 2 is 1.46 bits per heavy atom. The molecule has 0 spiro atoms. The Hall–Kier alpha value is -4.32. The summed E-state index contributed by atoms with van der Waals surface area (Å²) in [4.78, 5) is 27.3. The smallest absolute Gasteiger partial charge is 0.336 e. The number of ether oxygens (including phenoxy) is 3. The molecule has 1 aliphatic carbocycles. The fourth-order valence-corrected chi connectivity index (χ4v) is 5.54. The van der Waals surface area contributed by atoms with Gasteiger partial charge in [0.15, 0.2) is 5.78 Å². The zero-order chi connectivity index (χ0) is 27.4. The van der Waals surface area contributed by atoms with Gasteiger partial charge < -0.3 is 19.5 Å². The van der Waals surface area contributed by atoms with Gasteiger partial charge in [0, 0.05) is 35.7 Å². The first-order chi connectivity index (χ1) is 19.0. The number of hydrogen-bond acceptors (Lipinski definition) is 6. The molecular weight excluding hydrogens is 490 g/mol. The largest absolute Gasteiger partial charge is 0.497 e. The summed E-state index contributed by atoms with van der Waals surface area (Å²) in [6.45, 7) is 2.14. The summed E-state index contributed by atoms with van der Waals surface area (Å²) in [5, 5.41) is 3.42. The number of rotatable bonds is 8. The van der Waals surface area contributed by atoms with E-state index in [9.17, 15) is 9.59 Å². The number of dihydropyridines is 1. The van der Waals surface area contributed by atoms with Crippen molar-refractivity contribution in [2.45, 2.75) is 38.0 Å². The Morgan fingerprint density at radius 3 is 2.08 bits per heavy atom. The van der Waals surface area contributed by atoms with Gasteiger partial charge in [0.1, 0.15) is 11.5 Å². The van der Waals surface area contributed by atoms with Gasteiger partial charge in [-0.1, -0.05) is 54.6 Å². The van der Waals surface area contributed by atoms with Gasteiger partial charge in [0.05, 0.1) is 26.4 Å². The highest BCUT2D eigenvalue weighted by Gasteiger charge is 2.41. The van der Waals surface area contributed by atoms with Crippen LogP contribution in [0.1, 0.15) is 48.3 Å². The molecule has 1 heterocycles. The molecule has 1 N–H and O–H groups in total. The van der Waals surface area contributed by atoms with Crippen LogP contribution >= 0.6 is 0 Å². The lowest BCUT2D eigenvalue weighted by atomic mass is 9.71. The van der Waals surface area contributed by atoms with Gasteiger partial charge in [0.25, 0.3) is 0 Å². The van der Waals surface area contributed by atoms with Crippen LogP contribution in [0.2, 0.25) is 0 Å². The molecule has 6 nitrogen and oxygen atoms in total. The number of Topliss-reactive ketones (excluding diaryl/α,β-unsaturated/α-hetero) is 1. The lowest BCUT2D eigenvalue weighted by Crippen LogP contribution is -2.36. The van der Waals surface area contributed by atoms with Gasteiger partial charge in [-0.15, -0.1) is 0 Å². The van der Waals surface area contributed by atoms with Gasteiger partial charge in [-0.05, 0) is 60.2 Å². The maximum absolute atomic E-state index is 13.8. The Bertz CT molecular complexity index is 1400. The fourth-order valence-electron chi connectivity index (χ4n) is 5.54. The SMILES string of the molecule is COc1ccc(C2CC(=O)C3=C(C2)NC(C)=C(C(=O)OCCc2ccccc2)C3c2ccc(OC)cc2)cc1. The number of benzene rings is 3. The van der Waals surface area contributed by atoms with Gasteiger partial charge in [-0.2, -0.15) is 0 Å². The van der Waals surface area contributed by atoms with Crippen LogP contribution in [0.15, 0.2) is 101 Å². The number of hydrogen-bond donors (Lipinski definition) is 1.